The van der Waals surface area contributed by atoms with Crippen LogP contribution in [0, 0.1) is 0 Å². The molecule has 1 aromatic heterocycles. The zero-order chi connectivity index (χ0) is 15.5. The van der Waals surface area contributed by atoms with E-state index in [4.69, 9.17) is 0 Å². The molecule has 1 heterocycles. The van der Waals surface area contributed by atoms with Gasteiger partial charge in [-0.2, -0.15) is 13.2 Å². The first kappa shape index (κ1) is 16.1. The molecule has 0 bridgehead atoms. The van der Waals surface area contributed by atoms with Gasteiger partial charge in [-0.25, -0.2) is 0 Å². The number of nitrogens with one attached hydrogen (secondary N) is 1. The Kier molecular flexibility index (Phi) is 5.13. The summed E-state index contributed by atoms with van der Waals surface area (Å²) in [5, 5.41) is 9.58. The Morgan fingerprint density at radius 2 is 2.00 bits per heavy atom. The predicted octanol–water partition coefficient (Wildman–Crippen LogP) is 2.37. The van der Waals surface area contributed by atoms with Crippen LogP contribution in [0.25, 0.3) is 0 Å². The molecule has 1 aliphatic rings. The number of carbonyl (C=O) groups excluding carboxylic acids is 1. The first-order chi connectivity index (χ1) is 9.88. The highest BCUT2D eigenvalue weighted by atomic mass is 32.2. The molecule has 0 atom stereocenters. The fourth-order valence-electron chi connectivity index (χ4n) is 2.33. The van der Waals surface area contributed by atoms with Gasteiger partial charge in [-0.15, -0.1) is 10.2 Å². The monoisotopic (exact) mass is 322 g/mol. The summed E-state index contributed by atoms with van der Waals surface area (Å²) >= 11 is 0.958. The number of amides is 1. The van der Waals surface area contributed by atoms with Gasteiger partial charge in [0.1, 0.15) is 0 Å². The molecule has 1 aliphatic carbocycles. The normalized spacial score (nSPS) is 17.0. The Bertz CT molecular complexity index is 497. The molecule has 1 N–H and O–H groups in total. The summed E-state index contributed by atoms with van der Waals surface area (Å²) in [6.45, 7) is 0. The minimum absolute atomic E-state index is 0.0420. The third-order valence-electron chi connectivity index (χ3n) is 3.39. The summed E-state index contributed by atoms with van der Waals surface area (Å²) < 4.78 is 38.5. The number of hydrogen-bond acceptors (Lipinski definition) is 4. The zero-order valence-electron chi connectivity index (χ0n) is 11.6. The lowest BCUT2D eigenvalue weighted by atomic mass is 9.95. The van der Waals surface area contributed by atoms with Crippen LogP contribution < -0.4 is 5.32 Å². The molecule has 1 fully saturated rings. The second kappa shape index (κ2) is 6.67. The van der Waals surface area contributed by atoms with E-state index in [1.807, 2.05) is 0 Å². The third kappa shape index (κ3) is 4.36. The van der Waals surface area contributed by atoms with Crippen molar-refractivity contribution >= 4 is 17.7 Å². The zero-order valence-corrected chi connectivity index (χ0v) is 12.4. The number of nitrogens with zero attached hydrogens (tertiary/aromatic N) is 3. The first-order valence-corrected chi connectivity index (χ1v) is 7.75. The average Bonchev–Trinajstić information content (AvgIpc) is 2.79. The Balaban J connectivity index is 1.85. The number of thioether (sulfide) groups is 1. The number of rotatable bonds is 4. The molecule has 0 saturated heterocycles. The number of halogens is 3. The maximum absolute atomic E-state index is 12.6. The number of aromatic nitrogens is 3. The van der Waals surface area contributed by atoms with Crippen molar-refractivity contribution in [3.05, 3.63) is 5.82 Å². The molecule has 0 spiro atoms. The third-order valence-corrected chi connectivity index (χ3v) is 4.41. The standard InChI is InChI=1S/C12H17F3N4OS/c1-19-10(12(13,14)15)17-18-11(19)21-7-9(20)16-8-5-3-2-4-6-8/h8H,2-7H2,1H3,(H,16,20). The van der Waals surface area contributed by atoms with Crippen LogP contribution >= 0.6 is 11.8 Å². The molecule has 5 nitrogen and oxygen atoms in total. The van der Waals surface area contributed by atoms with E-state index in [1.54, 1.807) is 0 Å². The topological polar surface area (TPSA) is 59.8 Å². The van der Waals surface area contributed by atoms with Crippen molar-refractivity contribution in [2.45, 2.75) is 49.5 Å². The number of carbonyl (C=O) groups is 1. The van der Waals surface area contributed by atoms with Crippen LogP contribution in [0.4, 0.5) is 13.2 Å². The van der Waals surface area contributed by atoms with Crippen LogP contribution in [0.15, 0.2) is 5.16 Å². The molecular formula is C12H17F3N4OS. The molecule has 21 heavy (non-hydrogen) atoms. The number of hydrogen-bond donors (Lipinski definition) is 1. The highest BCUT2D eigenvalue weighted by molar-refractivity contribution is 7.99. The Labute approximate surface area is 124 Å². The van der Waals surface area contributed by atoms with E-state index >= 15 is 0 Å². The van der Waals surface area contributed by atoms with E-state index < -0.39 is 12.0 Å². The predicted molar refractivity (Wildman–Crippen MR) is 71.7 cm³/mol. The van der Waals surface area contributed by atoms with Crippen LogP contribution in [0.1, 0.15) is 37.9 Å². The van der Waals surface area contributed by atoms with Crippen molar-refractivity contribution in [2.75, 3.05) is 5.75 Å². The lowest BCUT2D eigenvalue weighted by Gasteiger charge is -2.22. The molecule has 2 rings (SSSR count). The summed E-state index contributed by atoms with van der Waals surface area (Å²) in [7, 11) is 1.24. The van der Waals surface area contributed by atoms with E-state index in [0.717, 1.165) is 42.0 Å². The highest BCUT2D eigenvalue weighted by Crippen LogP contribution is 2.29. The summed E-state index contributed by atoms with van der Waals surface area (Å²) in [5.74, 6) is -1.19. The van der Waals surface area contributed by atoms with E-state index in [2.05, 4.69) is 15.5 Å². The van der Waals surface area contributed by atoms with Gasteiger partial charge in [-0.1, -0.05) is 31.0 Å². The summed E-state index contributed by atoms with van der Waals surface area (Å²) in [6, 6.07) is 0.192. The summed E-state index contributed by atoms with van der Waals surface area (Å²) in [4.78, 5) is 11.8. The molecule has 0 unspecified atom stereocenters. The quantitative estimate of drug-likeness (QED) is 0.865. The van der Waals surface area contributed by atoms with E-state index in [0.29, 0.717) is 0 Å². The Morgan fingerprint density at radius 3 is 2.57 bits per heavy atom. The Morgan fingerprint density at radius 1 is 1.33 bits per heavy atom. The van der Waals surface area contributed by atoms with Gasteiger partial charge in [0.05, 0.1) is 5.75 Å². The highest BCUT2D eigenvalue weighted by Gasteiger charge is 2.37. The maximum atomic E-state index is 12.6. The second-order valence-corrected chi connectivity index (χ2v) is 6.00. The number of alkyl halides is 3. The van der Waals surface area contributed by atoms with Crippen molar-refractivity contribution in [1.29, 1.82) is 0 Å². The molecule has 9 heteroatoms. The van der Waals surface area contributed by atoms with Crippen LogP contribution in [0.5, 0.6) is 0 Å². The van der Waals surface area contributed by atoms with E-state index in [9.17, 15) is 18.0 Å². The van der Waals surface area contributed by atoms with Gasteiger partial charge in [0.25, 0.3) is 0 Å². The van der Waals surface area contributed by atoms with Crippen LogP contribution in [-0.2, 0) is 18.0 Å². The first-order valence-electron chi connectivity index (χ1n) is 6.76. The minimum atomic E-state index is -4.54. The minimum Gasteiger partial charge on any atom is -0.353 e. The van der Waals surface area contributed by atoms with Crippen molar-refractivity contribution in [3.8, 4) is 0 Å². The van der Waals surface area contributed by atoms with Crippen molar-refractivity contribution in [2.24, 2.45) is 7.05 Å². The van der Waals surface area contributed by atoms with Gasteiger partial charge >= 0.3 is 6.18 Å². The smallest absolute Gasteiger partial charge is 0.353 e. The fraction of sp³-hybridized carbons (Fsp3) is 0.750. The summed E-state index contributed by atoms with van der Waals surface area (Å²) in [5.41, 5.74) is 0. The van der Waals surface area contributed by atoms with Crippen molar-refractivity contribution in [1.82, 2.24) is 20.1 Å². The molecule has 0 aromatic carbocycles. The maximum Gasteiger partial charge on any atom is 0.451 e. The molecule has 1 saturated carbocycles. The molecule has 1 amide bonds. The molecule has 0 aliphatic heterocycles. The molecular weight excluding hydrogens is 305 g/mol. The van der Waals surface area contributed by atoms with Gasteiger partial charge in [-0.3, -0.25) is 4.79 Å². The fourth-order valence-corrected chi connectivity index (χ4v) is 3.06. The lowest BCUT2D eigenvalue weighted by Crippen LogP contribution is -2.37. The van der Waals surface area contributed by atoms with Crippen LogP contribution in [0.3, 0.4) is 0 Å². The van der Waals surface area contributed by atoms with Crippen molar-refractivity contribution < 1.29 is 18.0 Å². The summed E-state index contributed by atoms with van der Waals surface area (Å²) in [6.07, 6.45) is 0.814. The second-order valence-electron chi connectivity index (χ2n) is 5.05. The van der Waals surface area contributed by atoms with E-state index in [1.165, 1.54) is 13.5 Å². The lowest BCUT2D eigenvalue weighted by molar-refractivity contribution is -0.147. The molecule has 118 valence electrons. The van der Waals surface area contributed by atoms with Crippen LogP contribution in [0.2, 0.25) is 0 Å². The van der Waals surface area contributed by atoms with Gasteiger partial charge in [-0.05, 0) is 12.8 Å². The van der Waals surface area contributed by atoms with Gasteiger partial charge in [0, 0.05) is 13.1 Å². The average molecular weight is 322 g/mol. The van der Waals surface area contributed by atoms with Crippen LogP contribution in [-0.4, -0.2) is 32.5 Å². The van der Waals surface area contributed by atoms with Gasteiger partial charge < -0.3 is 9.88 Å². The van der Waals surface area contributed by atoms with Crippen molar-refractivity contribution in [3.63, 3.8) is 0 Å². The molecule has 0 radical (unpaired) electrons. The van der Waals surface area contributed by atoms with Gasteiger partial charge in [0.15, 0.2) is 5.16 Å². The van der Waals surface area contributed by atoms with Gasteiger partial charge in [0.2, 0.25) is 11.7 Å². The largest absolute Gasteiger partial charge is 0.451 e. The Hall–Kier alpha value is -1.25. The molecule has 1 aromatic rings. The SMILES string of the molecule is Cn1c(SCC(=O)NC2CCCCC2)nnc1C(F)(F)F. The van der Waals surface area contributed by atoms with E-state index in [-0.39, 0.29) is 22.9 Å².